The SMILES string of the molecule is CCSc1ccc(CC(=O)N(CCCn2ccnc2)c2nc3c(F)cc(F)cc3s2)cc1.Cl. The van der Waals surface area contributed by atoms with Crippen molar-refractivity contribution < 1.29 is 13.6 Å². The molecule has 0 N–H and O–H groups in total. The normalized spacial score (nSPS) is 10.9. The number of carbonyl (C=O) groups is 1. The van der Waals surface area contributed by atoms with E-state index in [9.17, 15) is 13.6 Å². The predicted molar refractivity (Wildman–Crippen MR) is 133 cm³/mol. The van der Waals surface area contributed by atoms with Gasteiger partial charge in [0.1, 0.15) is 11.3 Å². The highest BCUT2D eigenvalue weighted by atomic mass is 35.5. The van der Waals surface area contributed by atoms with Crippen molar-refractivity contribution in [2.45, 2.75) is 31.2 Å². The molecule has 33 heavy (non-hydrogen) atoms. The molecule has 0 bridgehead atoms. The summed E-state index contributed by atoms with van der Waals surface area (Å²) >= 11 is 2.86. The van der Waals surface area contributed by atoms with Gasteiger partial charge in [-0.3, -0.25) is 9.69 Å². The molecule has 5 nitrogen and oxygen atoms in total. The number of aromatic nitrogens is 3. The van der Waals surface area contributed by atoms with Crippen LogP contribution in [0.3, 0.4) is 0 Å². The Hall–Kier alpha value is -2.49. The zero-order valence-corrected chi connectivity index (χ0v) is 20.4. The molecule has 0 aliphatic carbocycles. The van der Waals surface area contributed by atoms with Gasteiger partial charge >= 0.3 is 0 Å². The second-order valence-electron chi connectivity index (χ2n) is 7.18. The van der Waals surface area contributed by atoms with Crippen LogP contribution in [0.2, 0.25) is 0 Å². The summed E-state index contributed by atoms with van der Waals surface area (Å²) in [5, 5.41) is 0.373. The third kappa shape index (κ3) is 6.31. The largest absolute Gasteiger partial charge is 0.337 e. The molecule has 0 aliphatic heterocycles. The number of hydrogen-bond donors (Lipinski definition) is 0. The Morgan fingerprint density at radius 3 is 2.70 bits per heavy atom. The summed E-state index contributed by atoms with van der Waals surface area (Å²) in [6.45, 7) is 3.18. The van der Waals surface area contributed by atoms with E-state index in [1.54, 1.807) is 29.2 Å². The van der Waals surface area contributed by atoms with Gasteiger partial charge in [0.15, 0.2) is 10.9 Å². The van der Waals surface area contributed by atoms with Crippen molar-refractivity contribution in [3.8, 4) is 0 Å². The highest BCUT2D eigenvalue weighted by molar-refractivity contribution is 7.99. The lowest BCUT2D eigenvalue weighted by atomic mass is 10.1. The van der Waals surface area contributed by atoms with Crippen LogP contribution in [0.4, 0.5) is 13.9 Å². The van der Waals surface area contributed by atoms with Crippen LogP contribution in [0.15, 0.2) is 60.0 Å². The van der Waals surface area contributed by atoms with Crippen molar-refractivity contribution in [1.29, 1.82) is 0 Å². The molecule has 2 aromatic heterocycles. The van der Waals surface area contributed by atoms with Gasteiger partial charge in [-0.1, -0.05) is 30.4 Å². The average Bonchev–Trinajstić information content (AvgIpc) is 3.42. The van der Waals surface area contributed by atoms with Crippen molar-refractivity contribution >= 4 is 56.8 Å². The molecule has 2 aromatic carbocycles. The van der Waals surface area contributed by atoms with Crippen molar-refractivity contribution in [1.82, 2.24) is 14.5 Å². The molecular formula is C23H23ClF2N4OS2. The number of thiazole rings is 1. The third-order valence-electron chi connectivity index (χ3n) is 4.88. The number of imidazole rings is 1. The second kappa shape index (κ2) is 11.6. The van der Waals surface area contributed by atoms with E-state index >= 15 is 0 Å². The van der Waals surface area contributed by atoms with E-state index in [-0.39, 0.29) is 30.3 Å². The van der Waals surface area contributed by atoms with E-state index in [2.05, 4.69) is 16.9 Å². The molecule has 2 heterocycles. The number of amides is 1. The summed E-state index contributed by atoms with van der Waals surface area (Å²) in [6.07, 6.45) is 6.15. The van der Waals surface area contributed by atoms with Crippen LogP contribution in [-0.2, 0) is 17.8 Å². The topological polar surface area (TPSA) is 51.0 Å². The van der Waals surface area contributed by atoms with Crippen LogP contribution in [0, 0.1) is 11.6 Å². The van der Waals surface area contributed by atoms with E-state index in [1.165, 1.54) is 6.07 Å². The molecule has 174 valence electrons. The summed E-state index contributed by atoms with van der Waals surface area (Å²) in [6, 6.07) is 9.98. The van der Waals surface area contributed by atoms with Crippen LogP contribution in [0.5, 0.6) is 0 Å². The quantitative estimate of drug-likeness (QED) is 0.261. The van der Waals surface area contributed by atoms with Gasteiger partial charge in [0.25, 0.3) is 0 Å². The molecule has 0 atom stereocenters. The maximum atomic E-state index is 14.2. The molecular weight excluding hydrogens is 486 g/mol. The Kier molecular flexibility index (Phi) is 8.82. The smallest absolute Gasteiger partial charge is 0.233 e. The number of halogens is 3. The Morgan fingerprint density at radius 1 is 1.21 bits per heavy atom. The summed E-state index contributed by atoms with van der Waals surface area (Å²) in [5.74, 6) is -0.533. The van der Waals surface area contributed by atoms with E-state index in [4.69, 9.17) is 0 Å². The number of hydrogen-bond acceptors (Lipinski definition) is 5. The number of anilines is 1. The monoisotopic (exact) mass is 508 g/mol. The first-order valence-electron chi connectivity index (χ1n) is 10.3. The molecule has 1 amide bonds. The fraction of sp³-hybridized carbons (Fsp3) is 0.261. The lowest BCUT2D eigenvalue weighted by Crippen LogP contribution is -2.33. The number of rotatable bonds is 9. The van der Waals surface area contributed by atoms with Crippen LogP contribution < -0.4 is 4.90 Å². The van der Waals surface area contributed by atoms with Crippen LogP contribution in [0.1, 0.15) is 18.9 Å². The molecule has 4 aromatic rings. The van der Waals surface area contributed by atoms with Gasteiger partial charge in [0.05, 0.1) is 17.4 Å². The number of aryl methyl sites for hydroxylation is 1. The molecule has 0 aliphatic rings. The van der Waals surface area contributed by atoms with E-state index in [0.29, 0.717) is 29.3 Å². The molecule has 0 saturated heterocycles. The Labute approximate surface area is 205 Å². The molecule has 0 saturated carbocycles. The van der Waals surface area contributed by atoms with Crippen LogP contribution in [-0.4, -0.2) is 32.7 Å². The molecule has 10 heteroatoms. The number of benzene rings is 2. The first kappa shape index (κ1) is 25.1. The molecule has 0 unspecified atom stereocenters. The first-order valence-corrected chi connectivity index (χ1v) is 12.1. The minimum atomic E-state index is -0.725. The van der Waals surface area contributed by atoms with Gasteiger partial charge in [-0.15, -0.1) is 24.2 Å². The minimum absolute atomic E-state index is 0. The van der Waals surface area contributed by atoms with Gasteiger partial charge in [-0.2, -0.15) is 0 Å². The Balaban J connectivity index is 0.00000306. The number of fused-ring (bicyclic) bond motifs is 1. The van der Waals surface area contributed by atoms with Gasteiger partial charge < -0.3 is 4.57 Å². The molecule has 4 rings (SSSR count). The lowest BCUT2D eigenvalue weighted by Gasteiger charge is -2.20. The van der Waals surface area contributed by atoms with Crippen LogP contribution in [0.25, 0.3) is 10.2 Å². The van der Waals surface area contributed by atoms with Gasteiger partial charge in [-0.05, 0) is 35.9 Å². The van der Waals surface area contributed by atoms with Gasteiger partial charge in [-0.25, -0.2) is 18.7 Å². The minimum Gasteiger partial charge on any atom is -0.337 e. The van der Waals surface area contributed by atoms with Crippen molar-refractivity contribution in [3.05, 3.63) is 72.3 Å². The zero-order valence-electron chi connectivity index (χ0n) is 17.9. The van der Waals surface area contributed by atoms with Crippen molar-refractivity contribution in [3.63, 3.8) is 0 Å². The van der Waals surface area contributed by atoms with E-state index in [0.717, 1.165) is 33.6 Å². The fourth-order valence-electron chi connectivity index (χ4n) is 3.36. The van der Waals surface area contributed by atoms with Gasteiger partial charge in [0, 0.05) is 36.4 Å². The molecule has 0 radical (unpaired) electrons. The van der Waals surface area contributed by atoms with E-state index in [1.807, 2.05) is 35.0 Å². The standard InChI is InChI=1S/C23H22F2N4OS2.ClH/c1-2-31-18-6-4-16(5-7-18)12-21(30)29(10-3-9-28-11-8-26-15-28)23-27-22-19(25)13-17(24)14-20(22)32-23;/h4-8,11,13-15H,2-3,9-10,12H2,1H3;1H. The third-order valence-corrected chi connectivity index (χ3v) is 6.80. The maximum absolute atomic E-state index is 14.2. The first-order chi connectivity index (χ1) is 15.5. The Morgan fingerprint density at radius 2 is 2.00 bits per heavy atom. The summed E-state index contributed by atoms with van der Waals surface area (Å²) in [7, 11) is 0. The summed E-state index contributed by atoms with van der Waals surface area (Å²) in [4.78, 5) is 24.3. The van der Waals surface area contributed by atoms with Crippen LogP contribution >= 0.6 is 35.5 Å². The highest BCUT2D eigenvalue weighted by Crippen LogP contribution is 2.32. The van der Waals surface area contributed by atoms with Crippen molar-refractivity contribution in [2.24, 2.45) is 0 Å². The molecule has 0 spiro atoms. The van der Waals surface area contributed by atoms with Crippen molar-refractivity contribution in [2.75, 3.05) is 17.2 Å². The molecule has 0 fully saturated rings. The number of nitrogens with zero attached hydrogens (tertiary/aromatic N) is 4. The zero-order chi connectivity index (χ0) is 22.5. The predicted octanol–water partition coefficient (Wildman–Crippen LogP) is 5.97. The second-order valence-corrected chi connectivity index (χ2v) is 9.53. The summed E-state index contributed by atoms with van der Waals surface area (Å²) < 4.78 is 30.2. The highest BCUT2D eigenvalue weighted by Gasteiger charge is 2.21. The summed E-state index contributed by atoms with van der Waals surface area (Å²) in [5.41, 5.74) is 0.980. The number of thioether (sulfide) groups is 1. The van der Waals surface area contributed by atoms with Gasteiger partial charge in [0.2, 0.25) is 5.91 Å². The van der Waals surface area contributed by atoms with E-state index < -0.39 is 11.6 Å². The maximum Gasteiger partial charge on any atom is 0.233 e. The Bertz CT molecular complexity index is 1200. The fourth-order valence-corrected chi connectivity index (χ4v) is 5.07. The average molecular weight is 509 g/mol. The lowest BCUT2D eigenvalue weighted by molar-refractivity contribution is -0.118. The number of carbonyl (C=O) groups excluding carboxylic acids is 1.